The maximum atomic E-state index is 12.3. The minimum Gasteiger partial charge on any atom is -0.379 e. The van der Waals surface area contributed by atoms with Gasteiger partial charge in [-0.2, -0.15) is 0 Å². The quantitative estimate of drug-likeness (QED) is 0.256. The van der Waals surface area contributed by atoms with Crippen LogP contribution < -0.4 is 16.0 Å². The van der Waals surface area contributed by atoms with Crippen molar-refractivity contribution in [2.75, 3.05) is 45.2 Å². The van der Waals surface area contributed by atoms with Crippen molar-refractivity contribution in [3.8, 4) is 0 Å². The number of nitrogens with zero attached hydrogens (tertiary/aromatic N) is 3. The fourth-order valence-electron chi connectivity index (χ4n) is 3.37. The van der Waals surface area contributed by atoms with Gasteiger partial charge in [0.1, 0.15) is 0 Å². The number of morpholine rings is 1. The van der Waals surface area contributed by atoms with E-state index in [2.05, 4.69) is 30.8 Å². The maximum Gasteiger partial charge on any atom is 0.225 e. The first-order chi connectivity index (χ1) is 15.0. The molecule has 0 bridgehead atoms. The average Bonchev–Trinajstić information content (AvgIpc) is 3.10. The number of aryl methyl sites for hydroxylation is 2. The number of rotatable bonds is 8. The number of anilines is 1. The van der Waals surface area contributed by atoms with Gasteiger partial charge in [-0.15, -0.1) is 35.3 Å². The summed E-state index contributed by atoms with van der Waals surface area (Å²) in [5.74, 6) is 0.759. The highest BCUT2D eigenvalue weighted by Gasteiger charge is 2.12. The Hall–Kier alpha value is -1.76. The number of nitrogens with one attached hydrogen (secondary N) is 3. The molecule has 10 heteroatoms. The van der Waals surface area contributed by atoms with E-state index in [1.165, 1.54) is 4.88 Å². The molecule has 1 aromatic heterocycles. The van der Waals surface area contributed by atoms with Gasteiger partial charge in [-0.1, -0.05) is 12.1 Å². The third-order valence-corrected chi connectivity index (χ3v) is 6.14. The lowest BCUT2D eigenvalue weighted by Gasteiger charge is -2.26. The van der Waals surface area contributed by atoms with Crippen molar-refractivity contribution in [1.82, 2.24) is 20.5 Å². The highest BCUT2D eigenvalue weighted by atomic mass is 127. The Labute approximate surface area is 211 Å². The van der Waals surface area contributed by atoms with Crippen LogP contribution >= 0.6 is 35.3 Å². The number of ether oxygens (including phenoxy) is 1. The smallest absolute Gasteiger partial charge is 0.225 e. The molecule has 1 aromatic carbocycles. The number of hydrogen-bond donors (Lipinski definition) is 3. The second-order valence-electron chi connectivity index (χ2n) is 7.47. The molecule has 0 saturated carbocycles. The molecular weight excluding hydrogens is 539 g/mol. The summed E-state index contributed by atoms with van der Waals surface area (Å²) in [4.78, 5) is 24.5. The summed E-state index contributed by atoms with van der Waals surface area (Å²) < 4.78 is 5.34. The summed E-state index contributed by atoms with van der Waals surface area (Å²) in [6, 6.07) is 7.89. The van der Waals surface area contributed by atoms with Crippen molar-refractivity contribution < 1.29 is 9.53 Å². The molecule has 0 aliphatic carbocycles. The number of thiazole rings is 1. The summed E-state index contributed by atoms with van der Waals surface area (Å²) in [6.45, 7) is 9.39. The summed E-state index contributed by atoms with van der Waals surface area (Å²) in [7, 11) is 1.76. The van der Waals surface area contributed by atoms with Gasteiger partial charge in [-0.05, 0) is 31.5 Å². The van der Waals surface area contributed by atoms with E-state index in [-0.39, 0.29) is 29.9 Å². The van der Waals surface area contributed by atoms with Gasteiger partial charge in [-0.3, -0.25) is 14.7 Å². The fraction of sp³-hybridized carbons (Fsp3) is 0.500. The SMILES string of the molecule is CN=C(NCc1cccc(NC(=O)CCN2CCOCC2)c1)NCc1sc(C)nc1C.I. The van der Waals surface area contributed by atoms with Crippen LogP contribution in [0.5, 0.6) is 0 Å². The van der Waals surface area contributed by atoms with Crippen molar-refractivity contribution in [2.45, 2.75) is 33.4 Å². The number of aliphatic imine (C=N–C) groups is 1. The lowest BCUT2D eigenvalue weighted by atomic mass is 10.2. The van der Waals surface area contributed by atoms with Crippen molar-refractivity contribution in [2.24, 2.45) is 4.99 Å². The van der Waals surface area contributed by atoms with Crippen LogP contribution in [0.15, 0.2) is 29.3 Å². The summed E-state index contributed by atoms with van der Waals surface area (Å²) >= 11 is 1.70. The van der Waals surface area contributed by atoms with Gasteiger partial charge in [0, 0.05) is 50.2 Å². The monoisotopic (exact) mass is 572 g/mol. The Balaban J connectivity index is 0.00000363. The van der Waals surface area contributed by atoms with E-state index in [0.29, 0.717) is 19.5 Å². The largest absolute Gasteiger partial charge is 0.379 e. The van der Waals surface area contributed by atoms with Gasteiger partial charge in [-0.25, -0.2) is 4.98 Å². The van der Waals surface area contributed by atoms with E-state index in [0.717, 1.165) is 60.8 Å². The second-order valence-corrected chi connectivity index (χ2v) is 8.76. The molecule has 2 aromatic rings. The molecule has 0 radical (unpaired) electrons. The Morgan fingerprint density at radius 3 is 2.66 bits per heavy atom. The van der Waals surface area contributed by atoms with Crippen LogP contribution in [0.4, 0.5) is 5.69 Å². The van der Waals surface area contributed by atoms with Crippen LogP contribution in [0.2, 0.25) is 0 Å². The number of hydrogen-bond acceptors (Lipinski definition) is 6. The number of benzene rings is 1. The third-order valence-electron chi connectivity index (χ3n) is 5.07. The normalized spacial score (nSPS) is 14.5. The summed E-state index contributed by atoms with van der Waals surface area (Å²) in [5, 5.41) is 10.7. The second kappa shape index (κ2) is 13.7. The van der Waals surface area contributed by atoms with Crippen molar-refractivity contribution in [3.05, 3.63) is 45.4 Å². The van der Waals surface area contributed by atoms with Crippen LogP contribution in [0.1, 0.15) is 27.6 Å². The first-order valence-electron chi connectivity index (χ1n) is 10.6. The van der Waals surface area contributed by atoms with Gasteiger partial charge in [0.25, 0.3) is 0 Å². The van der Waals surface area contributed by atoms with Gasteiger partial charge in [0.2, 0.25) is 5.91 Å². The van der Waals surface area contributed by atoms with Crippen LogP contribution in [0.3, 0.4) is 0 Å². The van der Waals surface area contributed by atoms with E-state index in [4.69, 9.17) is 4.74 Å². The van der Waals surface area contributed by atoms with Gasteiger partial charge < -0.3 is 20.7 Å². The van der Waals surface area contributed by atoms with Gasteiger partial charge in [0.05, 0.1) is 30.5 Å². The number of aromatic nitrogens is 1. The predicted molar refractivity (Wildman–Crippen MR) is 141 cm³/mol. The number of guanidine groups is 1. The molecule has 3 rings (SSSR count). The molecule has 0 spiro atoms. The van der Waals surface area contributed by atoms with Crippen LogP contribution in [0.25, 0.3) is 0 Å². The molecule has 1 fully saturated rings. The van der Waals surface area contributed by atoms with Gasteiger partial charge in [0.15, 0.2) is 5.96 Å². The number of halogens is 1. The summed E-state index contributed by atoms with van der Waals surface area (Å²) in [5.41, 5.74) is 2.94. The zero-order chi connectivity index (χ0) is 22.1. The van der Waals surface area contributed by atoms with Crippen molar-refractivity contribution >= 4 is 52.9 Å². The Bertz CT molecular complexity index is 898. The highest BCUT2D eigenvalue weighted by molar-refractivity contribution is 14.0. The lowest BCUT2D eigenvalue weighted by Crippen LogP contribution is -2.38. The topological polar surface area (TPSA) is 90.9 Å². The van der Waals surface area contributed by atoms with Crippen molar-refractivity contribution in [3.63, 3.8) is 0 Å². The van der Waals surface area contributed by atoms with E-state index in [1.807, 2.05) is 38.1 Å². The van der Waals surface area contributed by atoms with Crippen LogP contribution in [-0.2, 0) is 22.6 Å². The number of amides is 1. The van der Waals surface area contributed by atoms with Crippen LogP contribution in [-0.4, -0.2) is 61.6 Å². The first kappa shape index (κ1) is 26.5. The molecule has 0 unspecified atom stereocenters. The van der Waals surface area contributed by atoms with Crippen molar-refractivity contribution in [1.29, 1.82) is 0 Å². The summed E-state index contributed by atoms with van der Waals surface area (Å²) in [6.07, 6.45) is 0.482. The molecular formula is C22H33IN6O2S. The predicted octanol–water partition coefficient (Wildman–Crippen LogP) is 2.90. The van der Waals surface area contributed by atoms with E-state index in [9.17, 15) is 4.79 Å². The Morgan fingerprint density at radius 1 is 1.22 bits per heavy atom. The zero-order valence-electron chi connectivity index (χ0n) is 18.9. The molecule has 8 nitrogen and oxygen atoms in total. The van der Waals surface area contributed by atoms with E-state index in [1.54, 1.807) is 18.4 Å². The minimum atomic E-state index is 0. The lowest BCUT2D eigenvalue weighted by molar-refractivity contribution is -0.116. The molecule has 1 amide bonds. The molecule has 32 heavy (non-hydrogen) atoms. The molecule has 3 N–H and O–H groups in total. The number of carbonyl (C=O) groups excluding carboxylic acids is 1. The number of carbonyl (C=O) groups is 1. The zero-order valence-corrected chi connectivity index (χ0v) is 22.1. The van der Waals surface area contributed by atoms with E-state index < -0.39 is 0 Å². The highest BCUT2D eigenvalue weighted by Crippen LogP contribution is 2.16. The molecule has 1 aliphatic rings. The molecule has 0 atom stereocenters. The fourth-order valence-corrected chi connectivity index (χ4v) is 4.25. The molecule has 176 valence electrons. The Morgan fingerprint density at radius 2 is 1.97 bits per heavy atom. The maximum absolute atomic E-state index is 12.3. The standard InChI is InChI=1S/C22H32N6O2S.HI/c1-16-20(31-17(2)26-16)15-25-22(23-3)24-14-18-5-4-6-19(13-18)27-21(29)7-8-28-9-11-30-12-10-28;/h4-6,13H,7-12,14-15H2,1-3H3,(H,27,29)(H2,23,24,25);1H. The minimum absolute atomic E-state index is 0. The molecule has 2 heterocycles. The third kappa shape index (κ3) is 8.64. The average molecular weight is 573 g/mol. The molecule has 1 saturated heterocycles. The Kier molecular flexibility index (Phi) is 11.4. The van der Waals surface area contributed by atoms with Gasteiger partial charge >= 0.3 is 0 Å². The molecule has 1 aliphatic heterocycles. The first-order valence-corrected chi connectivity index (χ1v) is 11.4. The van der Waals surface area contributed by atoms with Crippen LogP contribution in [0, 0.1) is 13.8 Å². The van der Waals surface area contributed by atoms with E-state index >= 15 is 0 Å².